The van der Waals surface area contributed by atoms with Crippen LogP contribution < -0.4 is 11.2 Å². The van der Waals surface area contributed by atoms with Gasteiger partial charge in [-0.1, -0.05) is 11.6 Å². The van der Waals surface area contributed by atoms with Gasteiger partial charge in [0.2, 0.25) is 0 Å². The van der Waals surface area contributed by atoms with Crippen molar-refractivity contribution in [3.05, 3.63) is 56.1 Å². The van der Waals surface area contributed by atoms with Crippen LogP contribution in [0.4, 0.5) is 0 Å². The molecule has 0 aliphatic carbocycles. The molecule has 0 amide bonds. The van der Waals surface area contributed by atoms with Gasteiger partial charge in [0.25, 0.3) is 5.56 Å². The Bertz CT molecular complexity index is 645. The molecule has 0 spiro atoms. The predicted octanol–water partition coefficient (Wildman–Crippen LogP) is 0.0387. The summed E-state index contributed by atoms with van der Waals surface area (Å²) in [5.41, 5.74) is -0.265. The second-order valence-electron chi connectivity index (χ2n) is 3.48. The maximum absolute atomic E-state index is 11.7. The Morgan fingerprint density at radius 2 is 2.00 bits per heavy atom. The van der Waals surface area contributed by atoms with Gasteiger partial charge in [0.15, 0.2) is 5.15 Å². The monoisotopic (exact) mass is 252 g/mol. The minimum Gasteiger partial charge on any atom is -0.303 e. The summed E-state index contributed by atoms with van der Waals surface area (Å²) in [5, 5.41) is 7.71. The third-order valence-electron chi connectivity index (χ3n) is 2.25. The summed E-state index contributed by atoms with van der Waals surface area (Å²) in [6, 6.07) is 4.50. The van der Waals surface area contributed by atoms with Crippen molar-refractivity contribution in [1.29, 1.82) is 0 Å². The molecule has 2 heterocycles. The van der Waals surface area contributed by atoms with Gasteiger partial charge >= 0.3 is 5.69 Å². The van der Waals surface area contributed by atoms with Crippen molar-refractivity contribution in [3.8, 4) is 0 Å². The van der Waals surface area contributed by atoms with E-state index in [1.807, 2.05) is 0 Å². The Kier molecular flexibility index (Phi) is 3.06. The molecule has 0 fully saturated rings. The molecule has 2 aromatic heterocycles. The van der Waals surface area contributed by atoms with Crippen LogP contribution in [0.15, 0.2) is 34.0 Å². The lowest BCUT2D eigenvalue weighted by Crippen LogP contribution is -2.38. The smallest absolute Gasteiger partial charge is 0.303 e. The molecule has 17 heavy (non-hydrogen) atoms. The SMILES string of the molecule is Cn1ccc(=O)n(Cc2ccc(Cl)nn2)c1=O. The van der Waals surface area contributed by atoms with Crippen LogP contribution in [-0.2, 0) is 13.6 Å². The second-order valence-corrected chi connectivity index (χ2v) is 3.87. The lowest BCUT2D eigenvalue weighted by Gasteiger charge is -2.05. The van der Waals surface area contributed by atoms with E-state index in [1.165, 1.54) is 16.8 Å². The average molecular weight is 253 g/mol. The van der Waals surface area contributed by atoms with E-state index < -0.39 is 5.69 Å². The van der Waals surface area contributed by atoms with E-state index >= 15 is 0 Å². The predicted molar refractivity (Wildman–Crippen MR) is 62.1 cm³/mol. The van der Waals surface area contributed by atoms with Gasteiger partial charge < -0.3 is 4.57 Å². The number of aromatic nitrogens is 4. The van der Waals surface area contributed by atoms with E-state index in [0.717, 1.165) is 4.57 Å². The summed E-state index contributed by atoms with van der Waals surface area (Å²) in [4.78, 5) is 23.3. The first kappa shape index (κ1) is 11.5. The zero-order valence-electron chi connectivity index (χ0n) is 9.00. The minimum absolute atomic E-state index is 0.0799. The first-order chi connectivity index (χ1) is 8.08. The molecule has 0 atom stereocenters. The highest BCUT2D eigenvalue weighted by Crippen LogP contribution is 2.02. The van der Waals surface area contributed by atoms with Gasteiger partial charge in [-0.3, -0.25) is 9.36 Å². The van der Waals surface area contributed by atoms with Crippen LogP contribution in [0.1, 0.15) is 5.69 Å². The Morgan fingerprint density at radius 3 is 2.65 bits per heavy atom. The van der Waals surface area contributed by atoms with Crippen molar-refractivity contribution in [2.24, 2.45) is 7.05 Å². The molecular formula is C10H9ClN4O2. The molecule has 0 aliphatic heterocycles. The fourth-order valence-electron chi connectivity index (χ4n) is 1.35. The summed E-state index contributed by atoms with van der Waals surface area (Å²) in [6.45, 7) is 0.0799. The largest absolute Gasteiger partial charge is 0.331 e. The molecule has 0 aliphatic rings. The van der Waals surface area contributed by atoms with Crippen molar-refractivity contribution in [2.45, 2.75) is 6.54 Å². The Morgan fingerprint density at radius 1 is 1.24 bits per heavy atom. The van der Waals surface area contributed by atoms with E-state index in [1.54, 1.807) is 19.2 Å². The van der Waals surface area contributed by atoms with Gasteiger partial charge in [0.05, 0.1) is 12.2 Å². The van der Waals surface area contributed by atoms with E-state index in [0.29, 0.717) is 5.69 Å². The summed E-state index contributed by atoms with van der Waals surface area (Å²) in [6.07, 6.45) is 1.43. The summed E-state index contributed by atoms with van der Waals surface area (Å²) >= 11 is 5.59. The molecule has 0 N–H and O–H groups in total. The van der Waals surface area contributed by atoms with Crippen molar-refractivity contribution >= 4 is 11.6 Å². The standard InChI is InChI=1S/C10H9ClN4O2/c1-14-5-4-9(16)15(10(14)17)6-7-2-3-8(11)13-12-7/h2-5H,6H2,1H3. The minimum atomic E-state index is -0.394. The summed E-state index contributed by atoms with van der Waals surface area (Å²) in [5.74, 6) is 0. The highest BCUT2D eigenvalue weighted by atomic mass is 35.5. The fourth-order valence-corrected chi connectivity index (χ4v) is 1.45. The van der Waals surface area contributed by atoms with Crippen LogP contribution in [0, 0.1) is 0 Å². The maximum atomic E-state index is 11.7. The van der Waals surface area contributed by atoms with Gasteiger partial charge in [0, 0.05) is 19.3 Å². The van der Waals surface area contributed by atoms with Crippen LogP contribution in [-0.4, -0.2) is 19.3 Å². The molecule has 0 radical (unpaired) electrons. The second kappa shape index (κ2) is 4.50. The Labute approximate surface area is 101 Å². The fraction of sp³-hybridized carbons (Fsp3) is 0.200. The van der Waals surface area contributed by atoms with Crippen LogP contribution >= 0.6 is 11.6 Å². The van der Waals surface area contributed by atoms with Crippen molar-refractivity contribution in [1.82, 2.24) is 19.3 Å². The number of hydrogen-bond donors (Lipinski definition) is 0. The normalized spacial score (nSPS) is 10.5. The number of hydrogen-bond acceptors (Lipinski definition) is 4. The van der Waals surface area contributed by atoms with E-state index in [-0.39, 0.29) is 17.3 Å². The van der Waals surface area contributed by atoms with Gasteiger partial charge in [-0.25, -0.2) is 4.79 Å². The molecule has 0 bridgehead atoms. The lowest BCUT2D eigenvalue weighted by molar-refractivity contribution is 0.626. The van der Waals surface area contributed by atoms with Crippen molar-refractivity contribution in [3.63, 3.8) is 0 Å². The number of rotatable bonds is 2. The van der Waals surface area contributed by atoms with E-state index in [9.17, 15) is 9.59 Å². The zero-order valence-corrected chi connectivity index (χ0v) is 9.76. The number of aryl methyl sites for hydroxylation is 1. The molecule has 88 valence electrons. The van der Waals surface area contributed by atoms with Crippen molar-refractivity contribution in [2.75, 3.05) is 0 Å². The highest BCUT2D eigenvalue weighted by molar-refractivity contribution is 6.29. The number of halogens is 1. The Balaban J connectivity index is 2.43. The molecule has 7 heteroatoms. The summed E-state index contributed by atoms with van der Waals surface area (Å²) in [7, 11) is 1.58. The molecule has 0 aromatic carbocycles. The van der Waals surface area contributed by atoms with E-state index in [2.05, 4.69) is 10.2 Å². The van der Waals surface area contributed by atoms with Gasteiger partial charge in [-0.05, 0) is 12.1 Å². The zero-order chi connectivity index (χ0) is 12.4. The van der Waals surface area contributed by atoms with Crippen LogP contribution in [0.25, 0.3) is 0 Å². The quantitative estimate of drug-likeness (QED) is 0.757. The third kappa shape index (κ3) is 2.42. The van der Waals surface area contributed by atoms with Gasteiger partial charge in [-0.2, -0.15) is 5.10 Å². The molecule has 2 rings (SSSR count). The van der Waals surface area contributed by atoms with Crippen LogP contribution in [0.2, 0.25) is 5.15 Å². The van der Waals surface area contributed by atoms with Crippen LogP contribution in [0.3, 0.4) is 0 Å². The summed E-state index contributed by atoms with van der Waals surface area (Å²) < 4.78 is 2.41. The Hall–Kier alpha value is -1.95. The lowest BCUT2D eigenvalue weighted by atomic mass is 10.4. The first-order valence-electron chi connectivity index (χ1n) is 4.82. The third-order valence-corrected chi connectivity index (χ3v) is 2.45. The average Bonchev–Trinajstić information content (AvgIpc) is 2.32. The van der Waals surface area contributed by atoms with Gasteiger partial charge in [-0.15, -0.1) is 5.10 Å². The van der Waals surface area contributed by atoms with Gasteiger partial charge in [0.1, 0.15) is 0 Å². The molecule has 6 nitrogen and oxygen atoms in total. The molecular weight excluding hydrogens is 244 g/mol. The maximum Gasteiger partial charge on any atom is 0.331 e. The van der Waals surface area contributed by atoms with E-state index in [4.69, 9.17) is 11.6 Å². The number of nitrogens with zero attached hydrogens (tertiary/aromatic N) is 4. The molecule has 0 unspecified atom stereocenters. The molecule has 0 saturated heterocycles. The van der Waals surface area contributed by atoms with Crippen LogP contribution in [0.5, 0.6) is 0 Å². The topological polar surface area (TPSA) is 69.8 Å². The molecule has 2 aromatic rings. The highest BCUT2D eigenvalue weighted by Gasteiger charge is 2.05. The molecule has 0 saturated carbocycles. The first-order valence-corrected chi connectivity index (χ1v) is 5.20. The van der Waals surface area contributed by atoms with Crippen molar-refractivity contribution < 1.29 is 0 Å².